The molecular weight excluding hydrogens is 270 g/mol. The smallest absolute Gasteiger partial charge is 0.211 e. The van der Waals surface area contributed by atoms with Crippen LogP contribution in [0.2, 0.25) is 0 Å². The summed E-state index contributed by atoms with van der Waals surface area (Å²) in [7, 11) is 1.57. The molecule has 0 saturated carbocycles. The molecule has 0 fully saturated rings. The maximum absolute atomic E-state index is 8.47. The molecule has 4 N–H and O–H groups in total. The van der Waals surface area contributed by atoms with Crippen LogP contribution >= 0.6 is 0 Å². The lowest BCUT2D eigenvalue weighted by molar-refractivity contribution is 0.287. The van der Waals surface area contributed by atoms with Gasteiger partial charge in [-0.1, -0.05) is 0 Å². The summed E-state index contributed by atoms with van der Waals surface area (Å²) in [6.07, 6.45) is 3.67. The third-order valence-corrected chi connectivity index (χ3v) is 2.51. The highest BCUT2D eigenvalue weighted by molar-refractivity contribution is 5.82. The molecule has 0 amide bonds. The van der Waals surface area contributed by atoms with Crippen LogP contribution in [0.3, 0.4) is 0 Å². The molecule has 0 heterocycles. The van der Waals surface area contributed by atoms with E-state index in [1.54, 1.807) is 19.2 Å². The Morgan fingerprint density at radius 2 is 2.14 bits per heavy atom. The van der Waals surface area contributed by atoms with E-state index in [-0.39, 0.29) is 5.96 Å². The van der Waals surface area contributed by atoms with Crippen LogP contribution in [-0.2, 0) is 0 Å². The average Bonchev–Trinajstić information content (AvgIpc) is 2.47. The molecule has 0 aliphatic carbocycles. The van der Waals surface area contributed by atoms with Gasteiger partial charge < -0.3 is 20.9 Å². The molecule has 0 radical (unpaired) electrons. The molecule has 1 aromatic rings. The molecule has 0 aliphatic rings. The van der Waals surface area contributed by atoms with Crippen molar-refractivity contribution in [3.05, 3.63) is 23.8 Å². The van der Waals surface area contributed by atoms with E-state index >= 15 is 0 Å². The fraction of sp³-hybridized carbons (Fsp3) is 0.357. The predicted octanol–water partition coefficient (Wildman–Crippen LogP) is 1.38. The van der Waals surface area contributed by atoms with Crippen molar-refractivity contribution in [3.8, 4) is 17.6 Å². The summed E-state index contributed by atoms with van der Waals surface area (Å²) in [5.74, 6) is 1.14. The number of hydrogen-bond acceptors (Lipinski definition) is 5. The Hall–Kier alpha value is -2.75. The summed E-state index contributed by atoms with van der Waals surface area (Å²) >= 11 is 0. The zero-order chi connectivity index (χ0) is 15.5. The average molecular weight is 289 g/mol. The Labute approximate surface area is 123 Å². The Morgan fingerprint density at radius 1 is 1.33 bits per heavy atom. The van der Waals surface area contributed by atoms with Crippen molar-refractivity contribution in [2.24, 2.45) is 21.7 Å². The van der Waals surface area contributed by atoms with E-state index in [4.69, 9.17) is 26.2 Å². The normalized spacial score (nSPS) is 10.1. The quantitative estimate of drug-likeness (QED) is 0.324. The first-order chi connectivity index (χ1) is 10.2. The van der Waals surface area contributed by atoms with Crippen molar-refractivity contribution in [1.29, 1.82) is 5.26 Å². The van der Waals surface area contributed by atoms with E-state index in [0.29, 0.717) is 24.5 Å². The van der Waals surface area contributed by atoms with Gasteiger partial charge in [0.1, 0.15) is 0 Å². The van der Waals surface area contributed by atoms with Gasteiger partial charge in [-0.05, 0) is 36.6 Å². The summed E-state index contributed by atoms with van der Waals surface area (Å²) in [6.45, 7) is 0.520. The van der Waals surface area contributed by atoms with Gasteiger partial charge in [-0.2, -0.15) is 10.4 Å². The van der Waals surface area contributed by atoms with Gasteiger partial charge in [0.15, 0.2) is 11.5 Å². The molecule has 0 spiro atoms. The number of nitrogens with two attached hydrogens (primary N) is 2. The van der Waals surface area contributed by atoms with Crippen molar-refractivity contribution >= 4 is 12.2 Å². The summed E-state index contributed by atoms with van der Waals surface area (Å²) in [4.78, 5) is 0. The number of nitrogens with zero attached hydrogens (tertiary/aromatic N) is 3. The second kappa shape index (κ2) is 9.20. The zero-order valence-electron chi connectivity index (χ0n) is 12.0. The van der Waals surface area contributed by atoms with Gasteiger partial charge in [0.05, 0.1) is 26.0 Å². The van der Waals surface area contributed by atoms with E-state index in [1.165, 1.54) is 6.21 Å². The van der Waals surface area contributed by atoms with Gasteiger partial charge in [0.2, 0.25) is 5.96 Å². The van der Waals surface area contributed by atoms with Crippen molar-refractivity contribution in [1.82, 2.24) is 0 Å². The first-order valence-electron chi connectivity index (χ1n) is 6.47. The van der Waals surface area contributed by atoms with Gasteiger partial charge in [-0.15, -0.1) is 5.10 Å². The Balaban J connectivity index is 2.69. The van der Waals surface area contributed by atoms with Crippen LogP contribution in [0.15, 0.2) is 28.4 Å². The lowest BCUT2D eigenvalue weighted by Gasteiger charge is -2.10. The molecule has 1 rings (SSSR count). The van der Waals surface area contributed by atoms with Gasteiger partial charge >= 0.3 is 0 Å². The number of benzene rings is 1. The lowest BCUT2D eigenvalue weighted by Crippen LogP contribution is -2.21. The highest BCUT2D eigenvalue weighted by Gasteiger charge is 2.05. The van der Waals surface area contributed by atoms with Gasteiger partial charge in [0, 0.05) is 6.42 Å². The summed E-state index contributed by atoms with van der Waals surface area (Å²) in [5, 5.41) is 15.7. The monoisotopic (exact) mass is 289 g/mol. The van der Waals surface area contributed by atoms with E-state index < -0.39 is 0 Å². The van der Waals surface area contributed by atoms with Crippen LogP contribution in [-0.4, -0.2) is 25.9 Å². The van der Waals surface area contributed by atoms with Crippen LogP contribution in [0.4, 0.5) is 0 Å². The molecule has 0 bridgehead atoms. The molecule has 7 nitrogen and oxygen atoms in total. The second-order valence-electron chi connectivity index (χ2n) is 4.14. The lowest BCUT2D eigenvalue weighted by atomic mass is 10.2. The molecule has 1 aromatic carbocycles. The van der Waals surface area contributed by atoms with Crippen molar-refractivity contribution in [2.75, 3.05) is 13.7 Å². The van der Waals surface area contributed by atoms with E-state index in [9.17, 15) is 0 Å². The fourth-order valence-corrected chi connectivity index (χ4v) is 1.54. The molecule has 112 valence electrons. The molecule has 7 heteroatoms. The van der Waals surface area contributed by atoms with Crippen molar-refractivity contribution in [2.45, 2.75) is 19.3 Å². The molecule has 0 saturated heterocycles. The fourth-order valence-electron chi connectivity index (χ4n) is 1.54. The standard InChI is InChI=1S/C14H19N5O2/c1-20-12-6-5-11(10-18-19-14(16)17)9-13(12)21-8-4-2-3-7-15/h5-6,9-10H,2-4,8H2,1H3,(H4,16,17,19). The maximum atomic E-state index is 8.47. The summed E-state index contributed by atoms with van der Waals surface area (Å²) in [6, 6.07) is 7.48. The van der Waals surface area contributed by atoms with Crippen molar-refractivity contribution < 1.29 is 9.47 Å². The van der Waals surface area contributed by atoms with Crippen LogP contribution in [0.1, 0.15) is 24.8 Å². The third kappa shape index (κ3) is 6.29. The molecule has 0 unspecified atom stereocenters. The number of nitriles is 1. The highest BCUT2D eigenvalue weighted by atomic mass is 16.5. The molecule has 0 aromatic heterocycles. The minimum Gasteiger partial charge on any atom is -0.493 e. The predicted molar refractivity (Wildman–Crippen MR) is 81.4 cm³/mol. The first-order valence-corrected chi connectivity index (χ1v) is 6.47. The third-order valence-electron chi connectivity index (χ3n) is 2.51. The summed E-state index contributed by atoms with van der Waals surface area (Å²) < 4.78 is 10.9. The number of rotatable bonds is 8. The number of unbranched alkanes of at least 4 members (excludes halogenated alkanes) is 2. The van der Waals surface area contributed by atoms with Gasteiger partial charge in [-0.25, -0.2) is 0 Å². The topological polar surface area (TPSA) is 119 Å². The largest absolute Gasteiger partial charge is 0.493 e. The van der Waals surface area contributed by atoms with Crippen LogP contribution in [0, 0.1) is 11.3 Å². The maximum Gasteiger partial charge on any atom is 0.211 e. The number of guanidine groups is 1. The van der Waals surface area contributed by atoms with Gasteiger partial charge in [0.25, 0.3) is 0 Å². The molecular formula is C14H19N5O2. The second-order valence-corrected chi connectivity index (χ2v) is 4.14. The Bertz CT molecular complexity index is 545. The molecule has 0 atom stereocenters. The van der Waals surface area contributed by atoms with Crippen molar-refractivity contribution in [3.63, 3.8) is 0 Å². The SMILES string of the molecule is COc1ccc(C=NN=C(N)N)cc1OCCCCC#N. The van der Waals surface area contributed by atoms with Crippen LogP contribution in [0.5, 0.6) is 11.5 Å². The van der Waals surface area contributed by atoms with E-state index in [1.807, 2.05) is 6.07 Å². The minimum atomic E-state index is -0.103. The minimum absolute atomic E-state index is 0.103. The van der Waals surface area contributed by atoms with Crippen LogP contribution < -0.4 is 20.9 Å². The van der Waals surface area contributed by atoms with E-state index in [0.717, 1.165) is 18.4 Å². The Morgan fingerprint density at radius 3 is 2.81 bits per heavy atom. The Kier molecular flexibility index (Phi) is 7.14. The van der Waals surface area contributed by atoms with Crippen LogP contribution in [0.25, 0.3) is 0 Å². The number of ether oxygens (including phenoxy) is 2. The number of hydrogen-bond donors (Lipinski definition) is 2. The molecule has 0 aliphatic heterocycles. The highest BCUT2D eigenvalue weighted by Crippen LogP contribution is 2.27. The molecule has 21 heavy (non-hydrogen) atoms. The first kappa shape index (κ1) is 16.3. The zero-order valence-corrected chi connectivity index (χ0v) is 12.0. The van der Waals surface area contributed by atoms with E-state index in [2.05, 4.69) is 16.3 Å². The number of methoxy groups -OCH3 is 1. The summed E-state index contributed by atoms with van der Waals surface area (Å²) in [5.41, 5.74) is 11.2. The van der Waals surface area contributed by atoms with Gasteiger partial charge in [-0.3, -0.25) is 0 Å².